The molecule has 3 heterocycles. The largest absolute Gasteiger partial charge is 0.490 e. The van der Waals surface area contributed by atoms with Gasteiger partial charge < -0.3 is 19.2 Å². The number of nitrogens with one attached hydrogen (secondary N) is 1. The minimum absolute atomic E-state index is 0.192. The number of fused-ring (bicyclic) bond motifs is 1. The number of nitrogens with zero attached hydrogens (tertiary/aromatic N) is 1. The third-order valence-electron chi connectivity index (χ3n) is 4.36. The smallest absolute Gasteiger partial charge is 0.271 e. The van der Waals surface area contributed by atoms with Gasteiger partial charge in [0.05, 0.1) is 25.5 Å². The monoisotopic (exact) mass is 384 g/mol. The van der Waals surface area contributed by atoms with Gasteiger partial charge in [-0.1, -0.05) is 6.07 Å². The molecule has 7 heteroatoms. The molecular weight excluding hydrogens is 364 g/mol. The van der Waals surface area contributed by atoms with Crippen LogP contribution >= 0.6 is 11.3 Å². The standard InChI is InChI=1S/C20H20N2O4S/c1-12(14-6-7-15-17(11-14)26-10-4-9-24-15)21-19(23)18-13(2)27-20(22-18)16-5-3-8-25-16/h3,5-8,11-12H,4,9-10H2,1-2H3,(H,21,23). The summed E-state index contributed by atoms with van der Waals surface area (Å²) in [4.78, 5) is 18.0. The van der Waals surface area contributed by atoms with Crippen molar-refractivity contribution in [1.29, 1.82) is 0 Å². The van der Waals surface area contributed by atoms with Crippen LogP contribution in [0.15, 0.2) is 41.0 Å². The predicted molar refractivity (Wildman–Crippen MR) is 102 cm³/mol. The van der Waals surface area contributed by atoms with E-state index in [1.165, 1.54) is 11.3 Å². The van der Waals surface area contributed by atoms with E-state index in [0.29, 0.717) is 29.7 Å². The lowest BCUT2D eigenvalue weighted by atomic mass is 10.1. The normalized spacial score (nSPS) is 14.4. The summed E-state index contributed by atoms with van der Waals surface area (Å²) in [5.41, 5.74) is 1.37. The number of benzene rings is 1. The first kappa shape index (κ1) is 17.6. The molecule has 0 saturated carbocycles. The molecule has 1 aliphatic heterocycles. The van der Waals surface area contributed by atoms with Crippen LogP contribution in [0.5, 0.6) is 11.5 Å². The summed E-state index contributed by atoms with van der Waals surface area (Å²) in [5, 5.41) is 3.71. The molecule has 27 heavy (non-hydrogen) atoms. The van der Waals surface area contributed by atoms with E-state index >= 15 is 0 Å². The fourth-order valence-electron chi connectivity index (χ4n) is 2.91. The number of rotatable bonds is 4. The highest BCUT2D eigenvalue weighted by Crippen LogP contribution is 2.33. The molecule has 140 valence electrons. The van der Waals surface area contributed by atoms with Crippen LogP contribution in [0.1, 0.15) is 40.3 Å². The number of amides is 1. The summed E-state index contributed by atoms with van der Waals surface area (Å²) in [6.45, 7) is 5.11. The SMILES string of the molecule is Cc1sc(-c2ccco2)nc1C(=O)NC(C)c1ccc2c(c1)OCCCO2. The van der Waals surface area contributed by atoms with Gasteiger partial charge >= 0.3 is 0 Å². The first-order chi connectivity index (χ1) is 13.1. The summed E-state index contributed by atoms with van der Waals surface area (Å²) in [5.74, 6) is 1.92. The molecule has 0 aliphatic carbocycles. The van der Waals surface area contributed by atoms with E-state index in [2.05, 4.69) is 10.3 Å². The highest BCUT2D eigenvalue weighted by Gasteiger charge is 2.20. The molecule has 0 saturated heterocycles. The van der Waals surface area contributed by atoms with Crippen molar-refractivity contribution < 1.29 is 18.7 Å². The van der Waals surface area contributed by atoms with E-state index in [0.717, 1.165) is 28.4 Å². The molecule has 1 amide bonds. The molecule has 0 bridgehead atoms. The molecule has 1 N–H and O–H groups in total. The van der Waals surface area contributed by atoms with E-state index in [4.69, 9.17) is 13.9 Å². The van der Waals surface area contributed by atoms with Crippen molar-refractivity contribution in [3.63, 3.8) is 0 Å². The number of hydrogen-bond acceptors (Lipinski definition) is 6. The lowest BCUT2D eigenvalue weighted by molar-refractivity contribution is 0.0935. The summed E-state index contributed by atoms with van der Waals surface area (Å²) >= 11 is 1.44. The van der Waals surface area contributed by atoms with E-state index in [1.807, 2.05) is 38.1 Å². The number of carbonyl (C=O) groups excluding carboxylic acids is 1. The number of aryl methyl sites for hydroxylation is 1. The van der Waals surface area contributed by atoms with Gasteiger partial charge in [-0.25, -0.2) is 4.98 Å². The van der Waals surface area contributed by atoms with Crippen molar-refractivity contribution in [3.8, 4) is 22.3 Å². The van der Waals surface area contributed by atoms with E-state index in [1.54, 1.807) is 12.3 Å². The Bertz CT molecular complexity index is 949. The zero-order valence-corrected chi connectivity index (χ0v) is 16.0. The average molecular weight is 384 g/mol. The Kier molecular flexibility index (Phi) is 4.85. The average Bonchev–Trinajstić information content (AvgIpc) is 3.25. The van der Waals surface area contributed by atoms with Crippen molar-refractivity contribution in [2.24, 2.45) is 0 Å². The molecule has 0 fully saturated rings. The van der Waals surface area contributed by atoms with Crippen LogP contribution in [0.2, 0.25) is 0 Å². The summed E-state index contributed by atoms with van der Waals surface area (Å²) in [6.07, 6.45) is 2.45. The Morgan fingerprint density at radius 3 is 2.81 bits per heavy atom. The van der Waals surface area contributed by atoms with Crippen LogP contribution in [0.4, 0.5) is 0 Å². The van der Waals surface area contributed by atoms with Crippen LogP contribution in [-0.2, 0) is 0 Å². The first-order valence-corrected chi connectivity index (χ1v) is 9.65. The first-order valence-electron chi connectivity index (χ1n) is 8.83. The second-order valence-corrected chi connectivity index (χ2v) is 7.56. The lowest BCUT2D eigenvalue weighted by Gasteiger charge is -2.16. The zero-order valence-electron chi connectivity index (χ0n) is 15.2. The van der Waals surface area contributed by atoms with Crippen molar-refractivity contribution in [1.82, 2.24) is 10.3 Å². The molecule has 0 spiro atoms. The van der Waals surface area contributed by atoms with Gasteiger partial charge in [-0.15, -0.1) is 11.3 Å². The van der Waals surface area contributed by atoms with E-state index in [9.17, 15) is 4.79 Å². The van der Waals surface area contributed by atoms with Crippen molar-refractivity contribution >= 4 is 17.2 Å². The molecular formula is C20H20N2O4S. The van der Waals surface area contributed by atoms with Crippen molar-refractivity contribution in [3.05, 3.63) is 52.7 Å². The van der Waals surface area contributed by atoms with Crippen LogP contribution in [0.25, 0.3) is 10.8 Å². The fourth-order valence-corrected chi connectivity index (χ4v) is 3.79. The molecule has 4 rings (SSSR count). The highest BCUT2D eigenvalue weighted by atomic mass is 32.1. The Hall–Kier alpha value is -2.80. The number of aromatic nitrogens is 1. The van der Waals surface area contributed by atoms with Gasteiger partial charge in [-0.05, 0) is 43.7 Å². The summed E-state index contributed by atoms with van der Waals surface area (Å²) in [6, 6.07) is 9.21. The molecule has 6 nitrogen and oxygen atoms in total. The minimum Gasteiger partial charge on any atom is -0.490 e. The maximum absolute atomic E-state index is 12.7. The Labute approximate surface area is 161 Å². The van der Waals surface area contributed by atoms with Crippen LogP contribution < -0.4 is 14.8 Å². The summed E-state index contributed by atoms with van der Waals surface area (Å²) in [7, 11) is 0. The third-order valence-corrected chi connectivity index (χ3v) is 5.35. The molecule has 1 atom stereocenters. The van der Waals surface area contributed by atoms with Gasteiger partial charge in [0.1, 0.15) is 5.69 Å². The molecule has 3 aromatic rings. The van der Waals surface area contributed by atoms with Crippen LogP contribution in [0.3, 0.4) is 0 Å². The third kappa shape index (κ3) is 3.68. The number of thiazole rings is 1. The number of furan rings is 1. The van der Waals surface area contributed by atoms with E-state index in [-0.39, 0.29) is 11.9 Å². The van der Waals surface area contributed by atoms with Gasteiger partial charge in [-0.3, -0.25) is 4.79 Å². The lowest BCUT2D eigenvalue weighted by Crippen LogP contribution is -2.27. The van der Waals surface area contributed by atoms with Gasteiger partial charge in [0.25, 0.3) is 5.91 Å². The maximum Gasteiger partial charge on any atom is 0.271 e. The van der Waals surface area contributed by atoms with Gasteiger partial charge in [0.2, 0.25) is 0 Å². The quantitative estimate of drug-likeness (QED) is 0.723. The molecule has 0 radical (unpaired) electrons. The van der Waals surface area contributed by atoms with Gasteiger partial charge in [0.15, 0.2) is 22.3 Å². The van der Waals surface area contributed by atoms with Gasteiger partial charge in [0, 0.05) is 11.3 Å². The molecule has 1 unspecified atom stereocenters. The number of carbonyl (C=O) groups is 1. The fraction of sp³-hybridized carbons (Fsp3) is 0.300. The highest BCUT2D eigenvalue weighted by molar-refractivity contribution is 7.15. The zero-order chi connectivity index (χ0) is 18.8. The number of ether oxygens (including phenoxy) is 2. The predicted octanol–water partition coefficient (Wildman–Crippen LogP) is 4.36. The summed E-state index contributed by atoms with van der Waals surface area (Å²) < 4.78 is 16.8. The Morgan fingerprint density at radius 2 is 2.04 bits per heavy atom. The molecule has 1 aromatic carbocycles. The second-order valence-electron chi connectivity index (χ2n) is 6.35. The van der Waals surface area contributed by atoms with Crippen LogP contribution in [-0.4, -0.2) is 24.1 Å². The van der Waals surface area contributed by atoms with Crippen molar-refractivity contribution in [2.45, 2.75) is 26.3 Å². The van der Waals surface area contributed by atoms with Crippen molar-refractivity contribution in [2.75, 3.05) is 13.2 Å². The topological polar surface area (TPSA) is 73.6 Å². The van der Waals surface area contributed by atoms with Gasteiger partial charge in [-0.2, -0.15) is 0 Å². The molecule has 2 aromatic heterocycles. The van der Waals surface area contributed by atoms with E-state index < -0.39 is 0 Å². The molecule has 1 aliphatic rings. The minimum atomic E-state index is -0.207. The second kappa shape index (κ2) is 7.44. The van der Waals surface area contributed by atoms with Crippen LogP contribution in [0, 0.1) is 6.92 Å². The Balaban J connectivity index is 1.50. The Morgan fingerprint density at radius 1 is 1.22 bits per heavy atom. The number of hydrogen-bond donors (Lipinski definition) is 1. The maximum atomic E-state index is 12.7.